The van der Waals surface area contributed by atoms with Gasteiger partial charge in [0.25, 0.3) is 0 Å². The third-order valence-electron chi connectivity index (χ3n) is 1.03. The largest absolute Gasteiger partial charge is 0.762 e. The Labute approximate surface area is 69.1 Å². The van der Waals surface area contributed by atoms with Crippen LogP contribution in [0.3, 0.4) is 0 Å². The van der Waals surface area contributed by atoms with Gasteiger partial charge in [0.05, 0.1) is 0 Å². The van der Waals surface area contributed by atoms with Crippen molar-refractivity contribution in [3.8, 4) is 5.75 Å². The highest BCUT2D eigenvalue weighted by molar-refractivity contribution is 6.33. The molecule has 0 atom stereocenters. The second-order valence-corrected chi connectivity index (χ2v) is 2.08. The Kier molecular flexibility index (Phi) is 5.00. The number of rotatable bonds is 0. The molecule has 1 nitrogen and oxygen atoms in total. The van der Waals surface area contributed by atoms with E-state index in [1.807, 2.05) is 19.1 Å². The van der Waals surface area contributed by atoms with Gasteiger partial charge in [-0.1, -0.05) is 17.7 Å². The van der Waals surface area contributed by atoms with Crippen LogP contribution in [-0.4, -0.2) is 12.7 Å². The second kappa shape index (κ2) is 5.52. The summed E-state index contributed by atoms with van der Waals surface area (Å²) in [5, 5.41) is 8.76. The van der Waals surface area contributed by atoms with E-state index in [4.69, 9.17) is 5.11 Å². The highest BCUT2D eigenvalue weighted by Crippen LogP contribution is 2.07. The Balaban J connectivity index is 0.000000261. The number of aryl methyl sites for hydroxylation is 1. The smallest absolute Gasteiger partial charge is 0.508 e. The summed E-state index contributed by atoms with van der Waals surface area (Å²) in [6, 6.07) is 7.09. The van der Waals surface area contributed by atoms with Gasteiger partial charge in [-0.15, -0.1) is 0 Å². The highest BCUT2D eigenvalue weighted by atomic mass is 19.4. The monoisotopic (exact) mass is 176 g/mol. The Morgan fingerprint density at radius 3 is 1.67 bits per heavy atom. The summed E-state index contributed by atoms with van der Waals surface area (Å²) in [6.45, 7) is 1.99. The molecule has 12 heavy (non-hydrogen) atoms. The van der Waals surface area contributed by atoms with Gasteiger partial charge in [-0.05, 0) is 19.1 Å². The minimum Gasteiger partial charge on any atom is -0.508 e. The van der Waals surface area contributed by atoms with E-state index in [0.717, 1.165) is 0 Å². The number of aromatic hydroxyl groups is 1. The van der Waals surface area contributed by atoms with Gasteiger partial charge in [0.1, 0.15) is 5.75 Å². The number of phenols is 1. The SMILES string of the molecule is Cc1ccc(O)cc1.FB(F)F. The number of hydrogen-bond acceptors (Lipinski definition) is 1. The van der Waals surface area contributed by atoms with Crippen LogP contribution in [0.5, 0.6) is 5.75 Å². The summed E-state index contributed by atoms with van der Waals surface area (Å²) in [6.07, 6.45) is 0. The zero-order chi connectivity index (χ0) is 9.56. The van der Waals surface area contributed by atoms with Crippen molar-refractivity contribution in [2.45, 2.75) is 6.92 Å². The maximum atomic E-state index is 9.67. The van der Waals surface area contributed by atoms with Crippen LogP contribution in [0.15, 0.2) is 24.3 Å². The predicted molar refractivity (Wildman–Crippen MR) is 41.9 cm³/mol. The van der Waals surface area contributed by atoms with Crippen LogP contribution in [0.4, 0.5) is 12.9 Å². The van der Waals surface area contributed by atoms with Crippen LogP contribution in [0, 0.1) is 6.92 Å². The van der Waals surface area contributed by atoms with E-state index in [1.165, 1.54) is 5.56 Å². The molecule has 0 bridgehead atoms. The first-order chi connectivity index (χ1) is 5.52. The third-order valence-corrected chi connectivity index (χ3v) is 1.03. The standard InChI is InChI=1S/C7H8O.BF3/c1-6-2-4-7(8)5-3-6;2-1(3)4/h2-5,8H,1H3;. The Bertz CT molecular complexity index is 189. The molecule has 0 unspecified atom stereocenters. The maximum absolute atomic E-state index is 9.67. The molecule has 1 aromatic carbocycles. The van der Waals surface area contributed by atoms with Gasteiger partial charge < -0.3 is 5.11 Å². The average Bonchev–Trinajstić information content (AvgIpc) is 1.94. The molecule has 0 aliphatic carbocycles. The molecule has 1 aromatic rings. The molecule has 0 aliphatic rings. The van der Waals surface area contributed by atoms with Crippen LogP contribution in [0.25, 0.3) is 0 Å². The van der Waals surface area contributed by atoms with Gasteiger partial charge in [0.2, 0.25) is 0 Å². The first-order valence-electron chi connectivity index (χ1n) is 3.20. The van der Waals surface area contributed by atoms with Gasteiger partial charge in [-0.2, -0.15) is 0 Å². The molecule has 0 spiro atoms. The summed E-state index contributed by atoms with van der Waals surface area (Å²) < 4.78 is 29.0. The molecule has 0 fully saturated rings. The van der Waals surface area contributed by atoms with Crippen molar-refractivity contribution in [1.82, 2.24) is 0 Å². The van der Waals surface area contributed by atoms with Crippen molar-refractivity contribution in [2.75, 3.05) is 0 Å². The average molecular weight is 176 g/mol. The fraction of sp³-hybridized carbons (Fsp3) is 0.143. The molecule has 0 amide bonds. The molecule has 0 saturated heterocycles. The molecule has 0 saturated carbocycles. The van der Waals surface area contributed by atoms with Crippen LogP contribution in [-0.2, 0) is 0 Å². The number of halogens is 3. The van der Waals surface area contributed by atoms with E-state index in [1.54, 1.807) is 12.1 Å². The Morgan fingerprint density at radius 2 is 1.42 bits per heavy atom. The number of benzene rings is 1. The van der Waals surface area contributed by atoms with E-state index in [2.05, 4.69) is 0 Å². The quantitative estimate of drug-likeness (QED) is 0.602. The fourth-order valence-corrected chi connectivity index (χ4v) is 0.545. The molecular formula is C7H8BF3O. The lowest BCUT2D eigenvalue weighted by atomic mass is 10.2. The van der Waals surface area contributed by atoms with Crippen molar-refractivity contribution < 1.29 is 18.1 Å². The molecule has 0 aromatic heterocycles. The van der Waals surface area contributed by atoms with Crippen LogP contribution >= 0.6 is 0 Å². The van der Waals surface area contributed by atoms with E-state index in [0.29, 0.717) is 5.75 Å². The van der Waals surface area contributed by atoms with Gasteiger partial charge in [0, 0.05) is 0 Å². The molecule has 5 heteroatoms. The zero-order valence-corrected chi connectivity index (χ0v) is 6.47. The molecular weight excluding hydrogens is 168 g/mol. The molecule has 0 radical (unpaired) electrons. The van der Waals surface area contributed by atoms with Crippen molar-refractivity contribution >= 4 is 7.54 Å². The normalized spacial score (nSPS) is 8.33. The molecule has 1 N–H and O–H groups in total. The molecule has 0 heterocycles. The zero-order valence-electron chi connectivity index (χ0n) is 6.47. The maximum Gasteiger partial charge on any atom is 0.762 e. The molecule has 66 valence electrons. The van der Waals surface area contributed by atoms with Crippen molar-refractivity contribution in [2.24, 2.45) is 0 Å². The molecule has 1 rings (SSSR count). The van der Waals surface area contributed by atoms with Gasteiger partial charge in [0.15, 0.2) is 0 Å². The highest BCUT2D eigenvalue weighted by Gasteiger charge is 2.06. The first-order valence-corrected chi connectivity index (χ1v) is 3.20. The third kappa shape index (κ3) is 6.99. The summed E-state index contributed by atoms with van der Waals surface area (Å²) in [5.74, 6) is 0.329. The minimum absolute atomic E-state index is 0.329. The summed E-state index contributed by atoms with van der Waals surface area (Å²) in [4.78, 5) is 0. The van der Waals surface area contributed by atoms with Crippen molar-refractivity contribution in [3.63, 3.8) is 0 Å². The fourth-order valence-electron chi connectivity index (χ4n) is 0.545. The lowest BCUT2D eigenvalue weighted by Gasteiger charge is -1.89. The van der Waals surface area contributed by atoms with Crippen molar-refractivity contribution in [1.29, 1.82) is 0 Å². The number of hydrogen-bond donors (Lipinski definition) is 1. The Morgan fingerprint density at radius 1 is 1.08 bits per heavy atom. The minimum atomic E-state index is -3.67. The first kappa shape index (κ1) is 10.9. The van der Waals surface area contributed by atoms with Gasteiger partial charge >= 0.3 is 7.54 Å². The lowest BCUT2D eigenvalue weighted by molar-refractivity contribution is 0.475. The van der Waals surface area contributed by atoms with E-state index in [9.17, 15) is 12.9 Å². The predicted octanol–water partition coefficient (Wildman–Crippen LogP) is 2.58. The summed E-state index contributed by atoms with van der Waals surface area (Å²) >= 11 is 0. The van der Waals surface area contributed by atoms with E-state index >= 15 is 0 Å². The number of phenolic OH excluding ortho intramolecular Hbond substituents is 1. The van der Waals surface area contributed by atoms with E-state index < -0.39 is 7.54 Å². The van der Waals surface area contributed by atoms with Gasteiger partial charge in [-0.3, -0.25) is 12.9 Å². The van der Waals surface area contributed by atoms with Gasteiger partial charge in [-0.25, -0.2) is 0 Å². The van der Waals surface area contributed by atoms with Crippen molar-refractivity contribution in [3.05, 3.63) is 29.8 Å². The summed E-state index contributed by atoms with van der Waals surface area (Å²) in [5.41, 5.74) is 1.17. The van der Waals surface area contributed by atoms with Crippen LogP contribution < -0.4 is 0 Å². The lowest BCUT2D eigenvalue weighted by Crippen LogP contribution is -1.76. The van der Waals surface area contributed by atoms with E-state index in [-0.39, 0.29) is 0 Å². The molecule has 0 aliphatic heterocycles. The topological polar surface area (TPSA) is 20.2 Å². The summed E-state index contributed by atoms with van der Waals surface area (Å²) in [7, 11) is -3.67. The van der Waals surface area contributed by atoms with Crippen LogP contribution in [0.1, 0.15) is 5.56 Å². The Hall–Kier alpha value is -1.13. The second-order valence-electron chi connectivity index (χ2n) is 2.08. The van der Waals surface area contributed by atoms with Crippen LogP contribution in [0.2, 0.25) is 0 Å².